The highest BCUT2D eigenvalue weighted by Crippen LogP contribution is 2.36. The first-order valence-corrected chi connectivity index (χ1v) is 5.76. The Balaban J connectivity index is 3.01. The summed E-state index contributed by atoms with van der Waals surface area (Å²) in [6.07, 6.45) is 0.311. The van der Waals surface area contributed by atoms with Gasteiger partial charge in [-0.25, -0.2) is 0 Å². The molecule has 0 amide bonds. The molecule has 1 aromatic carbocycles. The van der Waals surface area contributed by atoms with Crippen LogP contribution in [-0.2, 0) is 4.79 Å². The van der Waals surface area contributed by atoms with Crippen LogP contribution < -0.4 is 15.2 Å². The second kappa shape index (κ2) is 6.47. The minimum Gasteiger partial charge on any atom is -0.496 e. The van der Waals surface area contributed by atoms with E-state index in [0.29, 0.717) is 28.5 Å². The van der Waals surface area contributed by atoms with Crippen molar-refractivity contribution in [3.8, 4) is 11.5 Å². The average Bonchev–Trinajstić information content (AvgIpc) is 2.35. The van der Waals surface area contributed by atoms with E-state index in [1.54, 1.807) is 12.1 Å². The summed E-state index contributed by atoms with van der Waals surface area (Å²) >= 11 is 5.97. The molecule has 0 aromatic heterocycles. The lowest BCUT2D eigenvalue weighted by atomic mass is 10.0. The van der Waals surface area contributed by atoms with Gasteiger partial charge in [-0.1, -0.05) is 11.6 Å². The van der Waals surface area contributed by atoms with Crippen LogP contribution in [-0.4, -0.2) is 25.3 Å². The summed E-state index contributed by atoms with van der Waals surface area (Å²) in [4.78, 5) is 10.5. The molecule has 0 saturated carbocycles. The van der Waals surface area contributed by atoms with Gasteiger partial charge in [0.2, 0.25) is 0 Å². The van der Waals surface area contributed by atoms with Gasteiger partial charge in [-0.05, 0) is 12.5 Å². The number of carboxylic acids is 1. The zero-order chi connectivity index (χ0) is 13.7. The second-order valence-corrected chi connectivity index (χ2v) is 4.17. The molecular formula is C12H16ClNO4. The van der Waals surface area contributed by atoms with Gasteiger partial charge in [-0.15, -0.1) is 0 Å². The van der Waals surface area contributed by atoms with Gasteiger partial charge in [-0.2, -0.15) is 0 Å². The third kappa shape index (κ3) is 3.51. The quantitative estimate of drug-likeness (QED) is 0.830. The SMILES string of the molecule is COc1cc(C(N)CCC(=O)O)c(OC)cc1Cl. The van der Waals surface area contributed by atoms with Crippen LogP contribution in [0.3, 0.4) is 0 Å². The third-order valence-electron chi connectivity index (χ3n) is 2.57. The molecule has 18 heavy (non-hydrogen) atoms. The first kappa shape index (κ1) is 14.6. The summed E-state index contributed by atoms with van der Waals surface area (Å²) in [5.41, 5.74) is 6.63. The molecule has 0 radical (unpaired) electrons. The molecule has 6 heteroatoms. The zero-order valence-corrected chi connectivity index (χ0v) is 11.0. The van der Waals surface area contributed by atoms with Crippen LogP contribution >= 0.6 is 11.6 Å². The summed E-state index contributed by atoms with van der Waals surface area (Å²) in [7, 11) is 3.01. The highest BCUT2D eigenvalue weighted by Gasteiger charge is 2.16. The number of carbonyl (C=O) groups is 1. The Hall–Kier alpha value is -1.46. The van der Waals surface area contributed by atoms with E-state index in [4.69, 9.17) is 31.9 Å². The molecular weight excluding hydrogens is 258 g/mol. The van der Waals surface area contributed by atoms with Gasteiger partial charge in [-0.3, -0.25) is 4.79 Å². The monoisotopic (exact) mass is 273 g/mol. The number of carboxylic acid groups (broad SMARTS) is 1. The number of aliphatic carboxylic acids is 1. The van der Waals surface area contributed by atoms with Crippen LogP contribution in [0.5, 0.6) is 11.5 Å². The highest BCUT2D eigenvalue weighted by molar-refractivity contribution is 6.32. The Kier molecular flexibility index (Phi) is 5.25. The molecule has 0 aliphatic carbocycles. The fraction of sp³-hybridized carbons (Fsp3) is 0.417. The standard InChI is InChI=1S/C12H16ClNO4/c1-17-10-6-8(13)11(18-2)5-7(10)9(14)3-4-12(15)16/h5-6,9H,3-4,14H2,1-2H3,(H,15,16). The average molecular weight is 274 g/mol. The van der Waals surface area contributed by atoms with Crippen LogP contribution in [0.15, 0.2) is 12.1 Å². The molecule has 0 fully saturated rings. The lowest BCUT2D eigenvalue weighted by Crippen LogP contribution is -2.13. The number of rotatable bonds is 6. The van der Waals surface area contributed by atoms with Crippen LogP contribution in [0.2, 0.25) is 5.02 Å². The maximum atomic E-state index is 10.5. The van der Waals surface area contributed by atoms with Crippen molar-refractivity contribution in [3.05, 3.63) is 22.7 Å². The first-order chi connectivity index (χ1) is 8.49. The number of methoxy groups -OCH3 is 2. The second-order valence-electron chi connectivity index (χ2n) is 3.77. The fourth-order valence-electron chi connectivity index (χ4n) is 1.61. The number of hydrogen-bond acceptors (Lipinski definition) is 4. The Morgan fingerprint density at radius 3 is 2.50 bits per heavy atom. The van der Waals surface area contributed by atoms with Crippen LogP contribution in [0.25, 0.3) is 0 Å². The molecule has 5 nitrogen and oxygen atoms in total. The summed E-state index contributed by atoms with van der Waals surface area (Å²) in [6, 6.07) is 2.84. The van der Waals surface area contributed by atoms with Crippen molar-refractivity contribution in [1.82, 2.24) is 0 Å². The molecule has 0 saturated heterocycles. The number of nitrogens with two attached hydrogens (primary N) is 1. The lowest BCUT2D eigenvalue weighted by Gasteiger charge is -2.17. The normalized spacial score (nSPS) is 12.0. The molecule has 3 N–H and O–H groups in total. The van der Waals surface area contributed by atoms with E-state index in [1.807, 2.05) is 0 Å². The Bertz CT molecular complexity index is 436. The van der Waals surface area contributed by atoms with Crippen molar-refractivity contribution < 1.29 is 19.4 Å². The summed E-state index contributed by atoms with van der Waals surface area (Å²) < 4.78 is 10.3. The zero-order valence-electron chi connectivity index (χ0n) is 10.3. The van der Waals surface area contributed by atoms with Crippen molar-refractivity contribution in [2.45, 2.75) is 18.9 Å². The lowest BCUT2D eigenvalue weighted by molar-refractivity contribution is -0.137. The Morgan fingerprint density at radius 1 is 1.39 bits per heavy atom. The highest BCUT2D eigenvalue weighted by atomic mass is 35.5. The molecule has 0 aliphatic rings. The maximum Gasteiger partial charge on any atom is 0.303 e. The molecule has 0 aliphatic heterocycles. The number of ether oxygens (including phenoxy) is 2. The van der Waals surface area contributed by atoms with Gasteiger partial charge >= 0.3 is 5.97 Å². The van der Waals surface area contributed by atoms with Gasteiger partial charge in [0.15, 0.2) is 0 Å². The van der Waals surface area contributed by atoms with E-state index in [2.05, 4.69) is 0 Å². The van der Waals surface area contributed by atoms with Gasteiger partial charge < -0.3 is 20.3 Å². The van der Waals surface area contributed by atoms with E-state index in [-0.39, 0.29) is 6.42 Å². The van der Waals surface area contributed by atoms with Crippen LogP contribution in [0.4, 0.5) is 0 Å². The molecule has 100 valence electrons. The summed E-state index contributed by atoms with van der Waals surface area (Å²) in [5, 5.41) is 9.07. The summed E-state index contributed by atoms with van der Waals surface area (Å²) in [5.74, 6) is 0.127. The molecule has 0 bridgehead atoms. The van der Waals surface area contributed by atoms with Crippen molar-refractivity contribution in [2.75, 3.05) is 14.2 Å². The number of benzene rings is 1. The predicted octanol–water partition coefficient (Wildman–Crippen LogP) is 2.22. The third-order valence-corrected chi connectivity index (χ3v) is 2.87. The molecule has 1 rings (SSSR count). The maximum absolute atomic E-state index is 10.5. The van der Waals surface area contributed by atoms with Gasteiger partial charge in [0.05, 0.1) is 19.2 Å². The first-order valence-electron chi connectivity index (χ1n) is 5.38. The smallest absolute Gasteiger partial charge is 0.303 e. The fourth-order valence-corrected chi connectivity index (χ4v) is 1.84. The number of hydrogen-bond donors (Lipinski definition) is 2. The minimum absolute atomic E-state index is 0.00470. The van der Waals surface area contributed by atoms with Gasteiger partial charge in [0.1, 0.15) is 11.5 Å². The van der Waals surface area contributed by atoms with Crippen molar-refractivity contribution in [3.63, 3.8) is 0 Å². The Morgan fingerprint density at radius 2 is 2.00 bits per heavy atom. The van der Waals surface area contributed by atoms with E-state index < -0.39 is 12.0 Å². The topological polar surface area (TPSA) is 81.8 Å². The Labute approximate surface area is 110 Å². The minimum atomic E-state index is -0.884. The van der Waals surface area contributed by atoms with Crippen molar-refractivity contribution in [1.29, 1.82) is 0 Å². The van der Waals surface area contributed by atoms with E-state index >= 15 is 0 Å². The molecule has 0 heterocycles. The van der Waals surface area contributed by atoms with Crippen molar-refractivity contribution in [2.24, 2.45) is 5.73 Å². The van der Waals surface area contributed by atoms with Gasteiger partial charge in [0.25, 0.3) is 0 Å². The largest absolute Gasteiger partial charge is 0.496 e. The van der Waals surface area contributed by atoms with Gasteiger partial charge in [0, 0.05) is 24.1 Å². The summed E-state index contributed by atoms with van der Waals surface area (Å²) in [6.45, 7) is 0. The predicted molar refractivity (Wildman–Crippen MR) is 68.4 cm³/mol. The molecule has 1 atom stereocenters. The molecule has 0 spiro atoms. The van der Waals surface area contributed by atoms with E-state index in [9.17, 15) is 4.79 Å². The van der Waals surface area contributed by atoms with Crippen LogP contribution in [0.1, 0.15) is 24.4 Å². The van der Waals surface area contributed by atoms with E-state index in [0.717, 1.165) is 0 Å². The van der Waals surface area contributed by atoms with Crippen LogP contribution in [0, 0.1) is 0 Å². The molecule has 1 unspecified atom stereocenters. The number of halogens is 1. The molecule has 1 aromatic rings. The van der Waals surface area contributed by atoms with E-state index in [1.165, 1.54) is 14.2 Å². The van der Waals surface area contributed by atoms with Crippen molar-refractivity contribution >= 4 is 17.6 Å².